The van der Waals surface area contributed by atoms with Crippen LogP contribution in [0.3, 0.4) is 0 Å². The van der Waals surface area contributed by atoms with Crippen LogP contribution in [0.2, 0.25) is 0 Å². The molecule has 6 heteroatoms. The lowest BCUT2D eigenvalue weighted by Crippen LogP contribution is -2.44. The van der Waals surface area contributed by atoms with Crippen molar-refractivity contribution < 1.29 is 5.11 Å². The first kappa shape index (κ1) is 15.7. The lowest BCUT2D eigenvalue weighted by atomic mass is 9.92. The molecule has 1 atom stereocenters. The third-order valence-corrected chi connectivity index (χ3v) is 3.56. The van der Waals surface area contributed by atoms with E-state index in [9.17, 15) is 14.7 Å². The molecule has 0 bridgehead atoms. The quantitative estimate of drug-likeness (QED) is 0.761. The van der Waals surface area contributed by atoms with Crippen molar-refractivity contribution in [2.24, 2.45) is 20.0 Å². The monoisotopic (exact) mass is 269 g/mol. The highest BCUT2D eigenvalue weighted by molar-refractivity contribution is 5.05. The molecule has 0 aliphatic rings. The molecule has 1 aromatic rings. The Hall–Kier alpha value is -1.40. The molecule has 0 radical (unpaired) electrons. The zero-order valence-corrected chi connectivity index (χ0v) is 12.2. The predicted octanol–water partition coefficient (Wildman–Crippen LogP) is -0.419. The maximum Gasteiger partial charge on any atom is 0.330 e. The van der Waals surface area contributed by atoms with Gasteiger partial charge >= 0.3 is 5.69 Å². The Morgan fingerprint density at radius 3 is 2.47 bits per heavy atom. The number of hydrogen-bond acceptors (Lipinski definition) is 4. The van der Waals surface area contributed by atoms with Crippen LogP contribution in [0.25, 0.3) is 0 Å². The minimum Gasteiger partial charge on any atom is -0.389 e. The van der Waals surface area contributed by atoms with Crippen molar-refractivity contribution in [1.29, 1.82) is 0 Å². The van der Waals surface area contributed by atoms with Crippen molar-refractivity contribution >= 4 is 0 Å². The minimum absolute atomic E-state index is 0.114. The fraction of sp³-hybridized carbons (Fsp3) is 0.692. The number of hydrogen-bond donors (Lipinski definition) is 2. The van der Waals surface area contributed by atoms with Gasteiger partial charge in [0.1, 0.15) is 0 Å². The molecule has 0 fully saturated rings. The lowest BCUT2D eigenvalue weighted by Gasteiger charge is -2.27. The van der Waals surface area contributed by atoms with E-state index >= 15 is 0 Å². The van der Waals surface area contributed by atoms with Crippen LogP contribution in [0.4, 0.5) is 0 Å². The van der Waals surface area contributed by atoms with E-state index in [0.29, 0.717) is 18.7 Å². The van der Waals surface area contributed by atoms with E-state index in [1.54, 1.807) is 14.0 Å². The lowest BCUT2D eigenvalue weighted by molar-refractivity contribution is 0.0139. The van der Waals surface area contributed by atoms with Crippen LogP contribution in [0.15, 0.2) is 15.8 Å². The molecular formula is C13H23N3O3. The molecule has 108 valence electrons. The van der Waals surface area contributed by atoms with E-state index in [0.717, 1.165) is 4.57 Å². The topological polar surface area (TPSA) is 76.3 Å². The highest BCUT2D eigenvalue weighted by Crippen LogP contribution is 2.14. The second-order valence-corrected chi connectivity index (χ2v) is 5.53. The summed E-state index contributed by atoms with van der Waals surface area (Å²) in [7, 11) is 3.06. The van der Waals surface area contributed by atoms with Crippen LogP contribution in [0.5, 0.6) is 0 Å². The van der Waals surface area contributed by atoms with Crippen molar-refractivity contribution in [2.75, 3.05) is 6.54 Å². The Kier molecular flexibility index (Phi) is 4.70. The normalized spacial score (nSPS) is 14.7. The maximum atomic E-state index is 11.9. The average molecular weight is 269 g/mol. The van der Waals surface area contributed by atoms with E-state index in [-0.39, 0.29) is 17.2 Å². The van der Waals surface area contributed by atoms with Crippen LogP contribution >= 0.6 is 0 Å². The van der Waals surface area contributed by atoms with E-state index in [1.165, 1.54) is 17.8 Å². The largest absolute Gasteiger partial charge is 0.389 e. The van der Waals surface area contributed by atoms with Crippen molar-refractivity contribution in [3.05, 3.63) is 32.6 Å². The first-order valence-corrected chi connectivity index (χ1v) is 6.35. The van der Waals surface area contributed by atoms with Crippen molar-refractivity contribution in [1.82, 2.24) is 14.5 Å². The zero-order valence-electron chi connectivity index (χ0n) is 12.2. The Labute approximate surface area is 112 Å². The molecule has 1 rings (SSSR count). The van der Waals surface area contributed by atoms with Gasteiger partial charge in [0.05, 0.1) is 5.60 Å². The highest BCUT2D eigenvalue weighted by Gasteiger charge is 2.24. The Morgan fingerprint density at radius 1 is 1.37 bits per heavy atom. The second kappa shape index (κ2) is 5.71. The molecular weight excluding hydrogens is 246 g/mol. The Bertz CT molecular complexity index is 555. The van der Waals surface area contributed by atoms with Gasteiger partial charge < -0.3 is 15.0 Å². The minimum atomic E-state index is -0.827. The molecule has 1 unspecified atom stereocenters. The maximum absolute atomic E-state index is 11.9. The van der Waals surface area contributed by atoms with E-state index in [1.807, 2.05) is 13.8 Å². The summed E-state index contributed by atoms with van der Waals surface area (Å²) in [5.41, 5.74) is -0.974. The Balaban J connectivity index is 2.81. The summed E-state index contributed by atoms with van der Waals surface area (Å²) < 4.78 is 2.45. The van der Waals surface area contributed by atoms with Crippen LogP contribution in [0.1, 0.15) is 26.3 Å². The first-order chi connectivity index (χ1) is 8.66. The standard InChI is InChI=1S/C13H23N3O3/c1-9(2)13(3,19)8-14-6-10-7-15(4)12(18)16(5)11(10)17/h7,9,14,19H,6,8H2,1-5H3. The molecule has 2 N–H and O–H groups in total. The van der Waals surface area contributed by atoms with Gasteiger partial charge in [-0.05, 0) is 12.8 Å². The summed E-state index contributed by atoms with van der Waals surface area (Å²) >= 11 is 0. The average Bonchev–Trinajstić information content (AvgIpc) is 2.32. The van der Waals surface area contributed by atoms with Crippen LogP contribution in [-0.2, 0) is 20.6 Å². The van der Waals surface area contributed by atoms with Gasteiger partial charge in [0, 0.05) is 38.9 Å². The van der Waals surface area contributed by atoms with Crippen molar-refractivity contribution in [3.8, 4) is 0 Å². The molecule has 0 spiro atoms. The molecule has 0 amide bonds. The smallest absolute Gasteiger partial charge is 0.330 e. The van der Waals surface area contributed by atoms with E-state index < -0.39 is 5.60 Å². The van der Waals surface area contributed by atoms with Gasteiger partial charge in [-0.25, -0.2) is 4.79 Å². The molecule has 0 aliphatic carbocycles. The predicted molar refractivity (Wildman–Crippen MR) is 74.1 cm³/mol. The van der Waals surface area contributed by atoms with Crippen LogP contribution in [-0.4, -0.2) is 26.4 Å². The van der Waals surface area contributed by atoms with Gasteiger partial charge in [-0.2, -0.15) is 0 Å². The molecule has 0 aliphatic heterocycles. The van der Waals surface area contributed by atoms with Gasteiger partial charge in [-0.15, -0.1) is 0 Å². The number of aryl methyl sites for hydroxylation is 1. The number of nitrogens with zero attached hydrogens (tertiary/aromatic N) is 2. The summed E-state index contributed by atoms with van der Waals surface area (Å²) in [5.74, 6) is 0.114. The first-order valence-electron chi connectivity index (χ1n) is 6.35. The zero-order chi connectivity index (χ0) is 14.8. The van der Waals surface area contributed by atoms with Crippen LogP contribution < -0.4 is 16.6 Å². The van der Waals surface area contributed by atoms with Crippen molar-refractivity contribution in [3.63, 3.8) is 0 Å². The molecule has 0 saturated heterocycles. The van der Waals surface area contributed by atoms with Gasteiger partial charge in [-0.3, -0.25) is 9.36 Å². The molecule has 0 aromatic carbocycles. The van der Waals surface area contributed by atoms with Gasteiger partial charge in [0.2, 0.25) is 0 Å². The summed E-state index contributed by atoms with van der Waals surface area (Å²) in [5, 5.41) is 13.2. The van der Waals surface area contributed by atoms with Gasteiger partial charge in [0.15, 0.2) is 0 Å². The summed E-state index contributed by atoms with van der Waals surface area (Å²) in [6.07, 6.45) is 1.53. The number of nitrogens with one attached hydrogen (secondary N) is 1. The second-order valence-electron chi connectivity index (χ2n) is 5.53. The molecule has 1 aromatic heterocycles. The van der Waals surface area contributed by atoms with Gasteiger partial charge in [-0.1, -0.05) is 13.8 Å². The van der Waals surface area contributed by atoms with Crippen LogP contribution in [0, 0.1) is 5.92 Å². The molecule has 1 heterocycles. The molecule has 6 nitrogen and oxygen atoms in total. The number of rotatable bonds is 5. The van der Waals surface area contributed by atoms with E-state index in [2.05, 4.69) is 5.32 Å². The van der Waals surface area contributed by atoms with Gasteiger partial charge in [0.25, 0.3) is 5.56 Å². The summed E-state index contributed by atoms with van der Waals surface area (Å²) in [6, 6.07) is 0. The fourth-order valence-electron chi connectivity index (χ4n) is 1.66. The fourth-order valence-corrected chi connectivity index (χ4v) is 1.66. The number of aliphatic hydroxyl groups is 1. The SMILES string of the molecule is CC(C)C(C)(O)CNCc1cn(C)c(=O)n(C)c1=O. The summed E-state index contributed by atoms with van der Waals surface area (Å²) in [4.78, 5) is 23.4. The highest BCUT2D eigenvalue weighted by atomic mass is 16.3. The van der Waals surface area contributed by atoms with E-state index in [4.69, 9.17) is 0 Å². The summed E-state index contributed by atoms with van der Waals surface area (Å²) in [6.45, 7) is 6.34. The van der Waals surface area contributed by atoms with Crippen molar-refractivity contribution in [2.45, 2.75) is 32.9 Å². The Morgan fingerprint density at radius 2 is 1.95 bits per heavy atom. The third-order valence-electron chi connectivity index (χ3n) is 3.56. The third kappa shape index (κ3) is 3.54. The molecule has 0 saturated carbocycles. The number of aromatic nitrogens is 2. The molecule has 19 heavy (non-hydrogen) atoms.